The predicted molar refractivity (Wildman–Crippen MR) is 125 cm³/mol. The van der Waals surface area contributed by atoms with Gasteiger partial charge in [0.2, 0.25) is 0 Å². The van der Waals surface area contributed by atoms with E-state index < -0.39 is 0 Å². The second-order valence-electron chi connectivity index (χ2n) is 8.33. The SMILES string of the molecule is COc1cc2c(cc1OC)CN(CCc1ccc(OC)c3c1-c1ccccc1CO3)CC2. The fraction of sp³-hybridized carbons (Fsp3) is 0.333. The van der Waals surface area contributed by atoms with Crippen molar-refractivity contribution in [2.45, 2.75) is 26.0 Å². The summed E-state index contributed by atoms with van der Waals surface area (Å²) in [6.45, 7) is 3.51. The minimum atomic E-state index is 0.581. The van der Waals surface area contributed by atoms with Gasteiger partial charge in [-0.25, -0.2) is 0 Å². The van der Waals surface area contributed by atoms with Crippen LogP contribution in [-0.4, -0.2) is 39.3 Å². The van der Waals surface area contributed by atoms with Gasteiger partial charge in [0, 0.05) is 25.2 Å². The Bertz CT molecular complexity index is 1140. The van der Waals surface area contributed by atoms with Crippen molar-refractivity contribution in [2.24, 2.45) is 0 Å². The average molecular weight is 432 g/mol. The first kappa shape index (κ1) is 20.7. The lowest BCUT2D eigenvalue weighted by molar-refractivity contribution is 0.255. The molecule has 0 bridgehead atoms. The first-order valence-electron chi connectivity index (χ1n) is 11.1. The van der Waals surface area contributed by atoms with Crippen molar-refractivity contribution in [1.29, 1.82) is 0 Å². The maximum Gasteiger partial charge on any atom is 0.169 e. The van der Waals surface area contributed by atoms with Crippen LogP contribution in [0.5, 0.6) is 23.0 Å². The molecule has 0 aliphatic carbocycles. The minimum absolute atomic E-state index is 0.581. The number of nitrogens with zero attached hydrogens (tertiary/aromatic N) is 1. The van der Waals surface area contributed by atoms with Gasteiger partial charge in [0.15, 0.2) is 23.0 Å². The van der Waals surface area contributed by atoms with E-state index in [2.05, 4.69) is 47.4 Å². The van der Waals surface area contributed by atoms with Crippen LogP contribution in [0.15, 0.2) is 48.5 Å². The molecule has 0 radical (unpaired) electrons. The van der Waals surface area contributed by atoms with E-state index in [1.54, 1.807) is 21.3 Å². The maximum absolute atomic E-state index is 6.13. The highest BCUT2D eigenvalue weighted by Crippen LogP contribution is 2.45. The van der Waals surface area contributed by atoms with E-state index in [0.29, 0.717) is 6.61 Å². The van der Waals surface area contributed by atoms with Crippen molar-refractivity contribution in [3.8, 4) is 34.1 Å². The van der Waals surface area contributed by atoms with Gasteiger partial charge in [-0.3, -0.25) is 4.90 Å². The van der Waals surface area contributed by atoms with E-state index in [1.165, 1.54) is 33.4 Å². The summed E-state index contributed by atoms with van der Waals surface area (Å²) in [7, 11) is 5.09. The molecule has 0 N–H and O–H groups in total. The molecule has 2 aliphatic heterocycles. The Morgan fingerprint density at radius 3 is 2.38 bits per heavy atom. The van der Waals surface area contributed by atoms with E-state index in [0.717, 1.165) is 55.5 Å². The summed E-state index contributed by atoms with van der Waals surface area (Å²) >= 11 is 0. The molecule has 2 heterocycles. The van der Waals surface area contributed by atoms with Crippen molar-refractivity contribution in [3.05, 3.63) is 70.8 Å². The normalized spacial score (nSPS) is 14.6. The van der Waals surface area contributed by atoms with Gasteiger partial charge in [0.05, 0.1) is 21.3 Å². The van der Waals surface area contributed by atoms with Gasteiger partial charge in [0.25, 0.3) is 0 Å². The molecule has 5 rings (SSSR count). The quantitative estimate of drug-likeness (QED) is 0.557. The van der Waals surface area contributed by atoms with Crippen molar-refractivity contribution >= 4 is 0 Å². The fourth-order valence-corrected chi connectivity index (χ4v) is 4.86. The molecule has 5 heteroatoms. The van der Waals surface area contributed by atoms with Gasteiger partial charge in [0.1, 0.15) is 6.61 Å². The molecule has 0 atom stereocenters. The highest BCUT2D eigenvalue weighted by molar-refractivity contribution is 5.80. The fourth-order valence-electron chi connectivity index (χ4n) is 4.86. The first-order valence-corrected chi connectivity index (χ1v) is 11.1. The van der Waals surface area contributed by atoms with Crippen LogP contribution in [0.4, 0.5) is 0 Å². The van der Waals surface area contributed by atoms with Crippen molar-refractivity contribution < 1.29 is 18.9 Å². The predicted octanol–water partition coefficient (Wildman–Crippen LogP) is 4.87. The monoisotopic (exact) mass is 431 g/mol. The van der Waals surface area contributed by atoms with E-state index in [9.17, 15) is 0 Å². The van der Waals surface area contributed by atoms with Gasteiger partial charge in [-0.1, -0.05) is 30.3 Å². The molecule has 0 fully saturated rings. The second-order valence-corrected chi connectivity index (χ2v) is 8.33. The summed E-state index contributed by atoms with van der Waals surface area (Å²) in [5, 5.41) is 0. The largest absolute Gasteiger partial charge is 0.493 e. The number of ether oxygens (including phenoxy) is 4. The lowest BCUT2D eigenvalue weighted by atomic mass is 9.91. The molecular weight excluding hydrogens is 402 g/mol. The third-order valence-electron chi connectivity index (χ3n) is 6.58. The van der Waals surface area contributed by atoms with Crippen molar-refractivity contribution in [1.82, 2.24) is 4.90 Å². The average Bonchev–Trinajstić information content (AvgIpc) is 2.85. The van der Waals surface area contributed by atoms with Crippen LogP contribution in [-0.2, 0) is 26.0 Å². The topological polar surface area (TPSA) is 40.2 Å². The van der Waals surface area contributed by atoms with Crippen LogP contribution in [0.2, 0.25) is 0 Å². The van der Waals surface area contributed by atoms with Crippen LogP contribution in [0.25, 0.3) is 11.1 Å². The van der Waals surface area contributed by atoms with E-state index in [1.807, 2.05) is 6.07 Å². The summed E-state index contributed by atoms with van der Waals surface area (Å²) in [6, 6.07) is 17.0. The second kappa shape index (κ2) is 8.75. The molecule has 3 aromatic rings. The van der Waals surface area contributed by atoms with Gasteiger partial charge in [-0.05, 0) is 58.9 Å². The van der Waals surface area contributed by atoms with Crippen molar-refractivity contribution in [2.75, 3.05) is 34.4 Å². The number of hydrogen-bond donors (Lipinski definition) is 0. The van der Waals surface area contributed by atoms with E-state index >= 15 is 0 Å². The molecule has 0 aromatic heterocycles. The molecule has 0 amide bonds. The van der Waals surface area contributed by atoms with Crippen LogP contribution < -0.4 is 18.9 Å². The summed E-state index contributed by atoms with van der Waals surface area (Å²) in [4.78, 5) is 2.51. The standard InChI is InChI=1S/C27H29NO4/c1-29-23-9-8-18(26-22-7-5-4-6-20(22)17-32-27(23)26)10-12-28-13-11-19-14-24(30-2)25(31-3)15-21(19)16-28/h4-9,14-15H,10-13,16-17H2,1-3H3. The summed E-state index contributed by atoms with van der Waals surface area (Å²) in [5.41, 5.74) is 7.62. The molecule has 3 aromatic carbocycles. The van der Waals surface area contributed by atoms with Crippen LogP contribution >= 0.6 is 0 Å². The Hall–Kier alpha value is -3.18. The molecule has 0 saturated carbocycles. The molecular formula is C27H29NO4. The first-order chi connectivity index (χ1) is 15.7. The molecule has 0 spiro atoms. The Morgan fingerprint density at radius 2 is 1.59 bits per heavy atom. The molecule has 0 saturated heterocycles. The van der Waals surface area contributed by atoms with Gasteiger partial charge < -0.3 is 18.9 Å². The smallest absolute Gasteiger partial charge is 0.169 e. The Labute approximate surface area is 189 Å². The molecule has 5 nitrogen and oxygen atoms in total. The maximum atomic E-state index is 6.13. The molecule has 2 aliphatic rings. The van der Waals surface area contributed by atoms with E-state index in [4.69, 9.17) is 18.9 Å². The van der Waals surface area contributed by atoms with E-state index in [-0.39, 0.29) is 0 Å². The third kappa shape index (κ3) is 3.67. The highest BCUT2D eigenvalue weighted by atomic mass is 16.5. The zero-order chi connectivity index (χ0) is 22.1. The lowest BCUT2D eigenvalue weighted by Crippen LogP contribution is -2.32. The van der Waals surface area contributed by atoms with Gasteiger partial charge in [-0.2, -0.15) is 0 Å². The number of fused-ring (bicyclic) bond motifs is 4. The van der Waals surface area contributed by atoms with Crippen LogP contribution in [0.1, 0.15) is 22.3 Å². The summed E-state index contributed by atoms with van der Waals surface area (Å²) in [5.74, 6) is 3.27. The summed E-state index contributed by atoms with van der Waals surface area (Å²) < 4.78 is 22.7. The lowest BCUT2D eigenvalue weighted by Gasteiger charge is -2.30. The number of hydrogen-bond acceptors (Lipinski definition) is 5. The Balaban J connectivity index is 1.39. The number of methoxy groups -OCH3 is 3. The highest BCUT2D eigenvalue weighted by Gasteiger charge is 2.25. The number of benzene rings is 3. The van der Waals surface area contributed by atoms with Gasteiger partial charge >= 0.3 is 0 Å². The summed E-state index contributed by atoms with van der Waals surface area (Å²) in [6.07, 6.45) is 1.97. The third-order valence-corrected chi connectivity index (χ3v) is 6.58. The zero-order valence-corrected chi connectivity index (χ0v) is 18.9. The van der Waals surface area contributed by atoms with Crippen molar-refractivity contribution in [3.63, 3.8) is 0 Å². The molecule has 166 valence electrons. The zero-order valence-electron chi connectivity index (χ0n) is 18.9. The molecule has 32 heavy (non-hydrogen) atoms. The Morgan fingerprint density at radius 1 is 0.844 bits per heavy atom. The van der Waals surface area contributed by atoms with Crippen LogP contribution in [0, 0.1) is 0 Å². The number of rotatable bonds is 6. The molecule has 0 unspecified atom stereocenters. The van der Waals surface area contributed by atoms with Gasteiger partial charge in [-0.15, -0.1) is 0 Å². The Kier molecular flexibility index (Phi) is 5.66. The van der Waals surface area contributed by atoms with Crippen LogP contribution in [0.3, 0.4) is 0 Å². The minimum Gasteiger partial charge on any atom is -0.493 e.